The van der Waals surface area contributed by atoms with Gasteiger partial charge >= 0.3 is 0 Å². The van der Waals surface area contributed by atoms with E-state index in [0.29, 0.717) is 0 Å². The van der Waals surface area contributed by atoms with Crippen molar-refractivity contribution < 1.29 is 4.79 Å². The molecular weight excluding hydrogens is 200 g/mol. The molecular formula is C13H26N2O. The standard InChI is InChI=1S/C13H26N2O/c1-7-8-9-15-10-12(2,3)14(6)13(4,5)11(15)16/h7-10H2,1-6H3. The minimum atomic E-state index is -0.379. The summed E-state index contributed by atoms with van der Waals surface area (Å²) in [4.78, 5) is 16.6. The van der Waals surface area contributed by atoms with Gasteiger partial charge in [-0.15, -0.1) is 0 Å². The SMILES string of the molecule is CCCCN1CC(C)(C)N(C)C(C)(C)C1=O. The summed E-state index contributed by atoms with van der Waals surface area (Å²) >= 11 is 0. The first-order valence-corrected chi connectivity index (χ1v) is 6.27. The number of unbranched alkanes of at least 4 members (excludes halogenated alkanes) is 1. The summed E-state index contributed by atoms with van der Waals surface area (Å²) in [5, 5.41) is 0. The number of carbonyl (C=O) groups is 1. The fourth-order valence-corrected chi connectivity index (χ4v) is 2.46. The molecule has 0 aromatic heterocycles. The molecule has 1 aliphatic heterocycles. The van der Waals surface area contributed by atoms with Crippen LogP contribution in [-0.4, -0.2) is 46.9 Å². The molecule has 0 saturated carbocycles. The molecule has 3 heteroatoms. The van der Waals surface area contributed by atoms with Gasteiger partial charge in [0.05, 0.1) is 5.54 Å². The van der Waals surface area contributed by atoms with Gasteiger partial charge in [-0.05, 0) is 41.2 Å². The largest absolute Gasteiger partial charge is 0.339 e. The van der Waals surface area contributed by atoms with E-state index in [1.807, 2.05) is 18.7 Å². The van der Waals surface area contributed by atoms with Crippen LogP contribution in [0.2, 0.25) is 0 Å². The van der Waals surface area contributed by atoms with E-state index in [9.17, 15) is 4.79 Å². The molecule has 1 saturated heterocycles. The van der Waals surface area contributed by atoms with Crippen LogP contribution in [0.15, 0.2) is 0 Å². The van der Waals surface area contributed by atoms with Gasteiger partial charge in [0.2, 0.25) is 5.91 Å². The molecule has 0 aliphatic carbocycles. The van der Waals surface area contributed by atoms with Crippen LogP contribution in [0.3, 0.4) is 0 Å². The van der Waals surface area contributed by atoms with Crippen molar-refractivity contribution in [3.63, 3.8) is 0 Å². The van der Waals surface area contributed by atoms with E-state index in [2.05, 4.69) is 32.7 Å². The summed E-state index contributed by atoms with van der Waals surface area (Å²) in [6, 6.07) is 0. The van der Waals surface area contributed by atoms with Crippen LogP contribution in [0.4, 0.5) is 0 Å². The topological polar surface area (TPSA) is 23.6 Å². The Hall–Kier alpha value is -0.570. The Morgan fingerprint density at radius 2 is 1.81 bits per heavy atom. The Bertz CT molecular complexity index is 271. The Kier molecular flexibility index (Phi) is 3.68. The zero-order chi connectivity index (χ0) is 12.6. The summed E-state index contributed by atoms with van der Waals surface area (Å²) in [6.07, 6.45) is 2.24. The molecule has 0 N–H and O–H groups in total. The molecule has 94 valence electrons. The number of hydrogen-bond acceptors (Lipinski definition) is 2. The molecule has 1 amide bonds. The lowest BCUT2D eigenvalue weighted by atomic mass is 9.87. The maximum Gasteiger partial charge on any atom is 0.242 e. The molecule has 1 fully saturated rings. The third kappa shape index (κ3) is 2.24. The Morgan fingerprint density at radius 1 is 1.25 bits per heavy atom. The van der Waals surface area contributed by atoms with Crippen molar-refractivity contribution in [3.8, 4) is 0 Å². The Balaban J connectivity index is 2.87. The molecule has 0 aromatic carbocycles. The minimum Gasteiger partial charge on any atom is -0.339 e. The van der Waals surface area contributed by atoms with Crippen LogP contribution < -0.4 is 0 Å². The fraction of sp³-hybridized carbons (Fsp3) is 0.923. The maximum atomic E-state index is 12.3. The third-order valence-electron chi connectivity index (χ3n) is 3.92. The lowest BCUT2D eigenvalue weighted by Crippen LogP contribution is -2.69. The van der Waals surface area contributed by atoms with Crippen LogP contribution in [0.25, 0.3) is 0 Å². The van der Waals surface area contributed by atoms with Gasteiger partial charge in [-0.25, -0.2) is 0 Å². The number of rotatable bonds is 3. The minimum absolute atomic E-state index is 0.0607. The number of hydrogen-bond donors (Lipinski definition) is 0. The van der Waals surface area contributed by atoms with E-state index in [1.165, 1.54) is 0 Å². The van der Waals surface area contributed by atoms with E-state index in [4.69, 9.17) is 0 Å². The highest BCUT2D eigenvalue weighted by Crippen LogP contribution is 2.31. The highest BCUT2D eigenvalue weighted by atomic mass is 16.2. The first-order valence-electron chi connectivity index (χ1n) is 6.27. The van der Waals surface area contributed by atoms with Gasteiger partial charge in [0.1, 0.15) is 0 Å². The average molecular weight is 226 g/mol. The fourth-order valence-electron chi connectivity index (χ4n) is 2.46. The monoisotopic (exact) mass is 226 g/mol. The molecule has 1 rings (SSSR count). The van der Waals surface area contributed by atoms with Crippen molar-refractivity contribution in [2.75, 3.05) is 20.1 Å². The van der Waals surface area contributed by atoms with Crippen molar-refractivity contribution in [3.05, 3.63) is 0 Å². The predicted octanol–water partition coefficient (Wildman–Crippen LogP) is 2.12. The summed E-state index contributed by atoms with van der Waals surface area (Å²) in [7, 11) is 2.05. The van der Waals surface area contributed by atoms with E-state index in [0.717, 1.165) is 25.9 Å². The summed E-state index contributed by atoms with van der Waals surface area (Å²) in [5.74, 6) is 0.266. The second kappa shape index (κ2) is 4.36. The predicted molar refractivity (Wildman–Crippen MR) is 67.4 cm³/mol. The van der Waals surface area contributed by atoms with E-state index >= 15 is 0 Å². The van der Waals surface area contributed by atoms with Gasteiger partial charge in [-0.1, -0.05) is 13.3 Å². The van der Waals surface area contributed by atoms with Crippen LogP contribution in [-0.2, 0) is 4.79 Å². The molecule has 0 radical (unpaired) electrons. The van der Waals surface area contributed by atoms with Gasteiger partial charge in [0, 0.05) is 18.6 Å². The number of carbonyl (C=O) groups excluding carboxylic acids is 1. The second-order valence-electron chi connectivity index (χ2n) is 6.01. The number of piperazine rings is 1. The first kappa shape index (κ1) is 13.5. The summed E-state index contributed by atoms with van der Waals surface area (Å²) < 4.78 is 0. The zero-order valence-corrected chi connectivity index (χ0v) is 11.6. The maximum absolute atomic E-state index is 12.3. The molecule has 1 aliphatic rings. The van der Waals surface area contributed by atoms with Gasteiger partial charge in [-0.2, -0.15) is 0 Å². The molecule has 16 heavy (non-hydrogen) atoms. The van der Waals surface area contributed by atoms with E-state index in [1.54, 1.807) is 0 Å². The van der Waals surface area contributed by atoms with Crippen LogP contribution in [0.1, 0.15) is 47.5 Å². The van der Waals surface area contributed by atoms with Crippen LogP contribution >= 0.6 is 0 Å². The normalized spacial score (nSPS) is 24.9. The smallest absolute Gasteiger partial charge is 0.242 e. The Morgan fingerprint density at radius 3 is 2.31 bits per heavy atom. The van der Waals surface area contributed by atoms with Gasteiger partial charge in [0.25, 0.3) is 0 Å². The van der Waals surface area contributed by atoms with Gasteiger partial charge in [0.15, 0.2) is 0 Å². The van der Waals surface area contributed by atoms with Crippen molar-refractivity contribution in [1.29, 1.82) is 0 Å². The highest BCUT2D eigenvalue weighted by Gasteiger charge is 2.47. The Labute approximate surface area is 99.8 Å². The molecule has 0 aromatic rings. The molecule has 0 spiro atoms. The van der Waals surface area contributed by atoms with Crippen LogP contribution in [0.5, 0.6) is 0 Å². The number of amides is 1. The van der Waals surface area contributed by atoms with Gasteiger partial charge < -0.3 is 4.90 Å². The highest BCUT2D eigenvalue weighted by molar-refractivity contribution is 5.86. The molecule has 1 heterocycles. The van der Waals surface area contributed by atoms with E-state index < -0.39 is 0 Å². The average Bonchev–Trinajstić information content (AvgIpc) is 2.20. The lowest BCUT2D eigenvalue weighted by Gasteiger charge is -2.53. The zero-order valence-electron chi connectivity index (χ0n) is 11.6. The van der Waals surface area contributed by atoms with Crippen molar-refractivity contribution in [2.45, 2.75) is 58.5 Å². The van der Waals surface area contributed by atoms with Crippen LogP contribution in [0, 0.1) is 0 Å². The molecule has 0 bridgehead atoms. The van der Waals surface area contributed by atoms with Crippen molar-refractivity contribution in [1.82, 2.24) is 9.80 Å². The third-order valence-corrected chi connectivity index (χ3v) is 3.92. The molecule has 3 nitrogen and oxygen atoms in total. The number of likely N-dealkylation sites (N-methyl/N-ethyl adjacent to an activating group) is 1. The van der Waals surface area contributed by atoms with E-state index in [-0.39, 0.29) is 17.0 Å². The molecule has 0 unspecified atom stereocenters. The lowest BCUT2D eigenvalue weighted by molar-refractivity contribution is -0.157. The van der Waals surface area contributed by atoms with Crippen molar-refractivity contribution in [2.24, 2.45) is 0 Å². The van der Waals surface area contributed by atoms with Crippen molar-refractivity contribution >= 4 is 5.91 Å². The molecule has 0 atom stereocenters. The first-order chi connectivity index (χ1) is 7.23. The number of nitrogens with zero attached hydrogens (tertiary/aromatic N) is 2. The quantitative estimate of drug-likeness (QED) is 0.736. The van der Waals surface area contributed by atoms with Gasteiger partial charge in [-0.3, -0.25) is 9.69 Å². The summed E-state index contributed by atoms with van der Waals surface area (Å²) in [5.41, 5.74) is -0.319. The summed E-state index contributed by atoms with van der Waals surface area (Å²) in [6.45, 7) is 12.4. The second-order valence-corrected chi connectivity index (χ2v) is 6.01.